The van der Waals surface area contributed by atoms with E-state index in [0.717, 1.165) is 37.8 Å². The zero-order chi connectivity index (χ0) is 17.9. The Hall–Kier alpha value is -1.47. The van der Waals surface area contributed by atoms with Crippen LogP contribution in [0.2, 0.25) is 0 Å². The van der Waals surface area contributed by atoms with Crippen molar-refractivity contribution in [2.45, 2.75) is 68.3 Å². The first-order valence-electron chi connectivity index (χ1n) is 9.06. The number of rotatable bonds is 4. The maximum Gasteiger partial charge on any atom is 0.243 e. The van der Waals surface area contributed by atoms with Crippen LogP contribution in [0.4, 0.5) is 4.39 Å². The van der Waals surface area contributed by atoms with Crippen molar-refractivity contribution < 1.29 is 17.6 Å². The number of sulfonamides is 1. The lowest BCUT2D eigenvalue weighted by atomic mass is 10.1. The maximum atomic E-state index is 13.1. The normalized spacial score (nSPS) is 23.3. The van der Waals surface area contributed by atoms with E-state index >= 15 is 0 Å². The molecule has 7 heteroatoms. The highest BCUT2D eigenvalue weighted by Gasteiger charge is 2.39. The van der Waals surface area contributed by atoms with Crippen molar-refractivity contribution in [3.05, 3.63) is 30.1 Å². The Morgan fingerprint density at radius 2 is 1.64 bits per heavy atom. The van der Waals surface area contributed by atoms with Gasteiger partial charge in [0.05, 0.1) is 4.90 Å². The van der Waals surface area contributed by atoms with Crippen molar-refractivity contribution in [1.82, 2.24) is 9.62 Å². The zero-order valence-corrected chi connectivity index (χ0v) is 15.1. The Bertz CT molecular complexity index is 698. The average molecular weight is 368 g/mol. The molecular formula is C18H25FN2O3S. The minimum Gasteiger partial charge on any atom is -0.352 e. The molecule has 1 amide bonds. The summed E-state index contributed by atoms with van der Waals surface area (Å²) in [7, 11) is -3.79. The summed E-state index contributed by atoms with van der Waals surface area (Å²) < 4.78 is 40.0. The van der Waals surface area contributed by atoms with Gasteiger partial charge in [0, 0.05) is 12.6 Å². The number of nitrogens with zero attached hydrogens (tertiary/aromatic N) is 1. The van der Waals surface area contributed by atoms with Crippen LogP contribution < -0.4 is 5.32 Å². The first-order valence-corrected chi connectivity index (χ1v) is 10.5. The zero-order valence-electron chi connectivity index (χ0n) is 14.3. The van der Waals surface area contributed by atoms with E-state index in [-0.39, 0.29) is 16.8 Å². The standard InChI is InChI=1S/C18H25FN2O3S/c19-14-9-11-16(12-10-14)25(23,24)21-13-5-8-17(21)18(22)20-15-6-3-1-2-4-7-15/h9-12,15,17H,1-8,13H2,(H,20,22)/t17-/m0/s1. The second-order valence-electron chi connectivity index (χ2n) is 6.92. The van der Waals surface area contributed by atoms with Crippen LogP contribution in [-0.2, 0) is 14.8 Å². The second-order valence-corrected chi connectivity index (χ2v) is 8.82. The molecule has 5 nitrogen and oxygen atoms in total. The van der Waals surface area contributed by atoms with Gasteiger partial charge in [0.1, 0.15) is 11.9 Å². The Labute approximate surface area is 148 Å². The highest BCUT2D eigenvalue weighted by molar-refractivity contribution is 7.89. The summed E-state index contributed by atoms with van der Waals surface area (Å²) in [6.07, 6.45) is 7.71. The second kappa shape index (κ2) is 7.83. The summed E-state index contributed by atoms with van der Waals surface area (Å²) in [5.41, 5.74) is 0. The number of hydrogen-bond acceptors (Lipinski definition) is 3. The molecule has 0 aromatic heterocycles. The third kappa shape index (κ3) is 4.20. The smallest absolute Gasteiger partial charge is 0.243 e. The predicted octanol–water partition coefficient (Wildman–Crippen LogP) is 2.82. The number of nitrogens with one attached hydrogen (secondary N) is 1. The Balaban J connectivity index is 1.72. The fourth-order valence-electron chi connectivity index (χ4n) is 3.75. The minimum atomic E-state index is -3.79. The van der Waals surface area contributed by atoms with Crippen molar-refractivity contribution in [3.8, 4) is 0 Å². The maximum absolute atomic E-state index is 13.1. The van der Waals surface area contributed by atoms with Gasteiger partial charge in [-0.3, -0.25) is 4.79 Å². The summed E-state index contributed by atoms with van der Waals surface area (Å²) in [5.74, 6) is -0.682. The van der Waals surface area contributed by atoms with Crippen molar-refractivity contribution in [2.24, 2.45) is 0 Å². The first-order chi connectivity index (χ1) is 12.0. The number of halogens is 1. The molecule has 138 valence electrons. The van der Waals surface area contributed by atoms with E-state index in [1.807, 2.05) is 0 Å². The molecule has 1 N–H and O–H groups in total. The minimum absolute atomic E-state index is 0.0306. The molecule has 1 aromatic carbocycles. The molecule has 0 radical (unpaired) electrons. The molecule has 1 aromatic rings. The van der Waals surface area contributed by atoms with Crippen LogP contribution in [0.15, 0.2) is 29.2 Å². The molecule has 1 saturated heterocycles. The van der Waals surface area contributed by atoms with Gasteiger partial charge in [0.25, 0.3) is 0 Å². The van der Waals surface area contributed by atoms with Crippen LogP contribution in [0.3, 0.4) is 0 Å². The molecule has 3 rings (SSSR count). The highest BCUT2D eigenvalue weighted by Crippen LogP contribution is 2.27. The van der Waals surface area contributed by atoms with Gasteiger partial charge in [-0.05, 0) is 49.9 Å². The molecule has 0 unspecified atom stereocenters. The molecule has 0 bridgehead atoms. The third-order valence-corrected chi connectivity index (χ3v) is 7.05. The SMILES string of the molecule is O=C(NC1CCCCCC1)[C@@H]1CCCN1S(=O)(=O)c1ccc(F)cc1. The molecule has 1 aliphatic carbocycles. The van der Waals surface area contributed by atoms with E-state index in [0.29, 0.717) is 19.4 Å². The lowest BCUT2D eigenvalue weighted by molar-refractivity contribution is -0.125. The average Bonchev–Trinajstić information content (AvgIpc) is 2.96. The quantitative estimate of drug-likeness (QED) is 0.831. The van der Waals surface area contributed by atoms with E-state index < -0.39 is 21.9 Å². The van der Waals surface area contributed by atoms with E-state index in [2.05, 4.69) is 5.32 Å². The van der Waals surface area contributed by atoms with Gasteiger partial charge in [-0.15, -0.1) is 0 Å². The van der Waals surface area contributed by atoms with Crippen LogP contribution in [0.5, 0.6) is 0 Å². The molecular weight excluding hydrogens is 343 g/mol. The van der Waals surface area contributed by atoms with Gasteiger partial charge in [-0.1, -0.05) is 25.7 Å². The summed E-state index contributed by atoms with van der Waals surface area (Å²) >= 11 is 0. The topological polar surface area (TPSA) is 66.5 Å². The van der Waals surface area contributed by atoms with Crippen LogP contribution in [0.1, 0.15) is 51.4 Å². The molecule has 1 aliphatic heterocycles. The van der Waals surface area contributed by atoms with Crippen molar-refractivity contribution in [2.75, 3.05) is 6.54 Å². The fraction of sp³-hybridized carbons (Fsp3) is 0.611. The van der Waals surface area contributed by atoms with E-state index in [9.17, 15) is 17.6 Å². The number of carbonyl (C=O) groups excluding carboxylic acids is 1. The van der Waals surface area contributed by atoms with Gasteiger partial charge < -0.3 is 5.32 Å². The summed E-state index contributed by atoms with van der Waals surface area (Å²) in [6.45, 7) is 0.322. The number of benzene rings is 1. The lowest BCUT2D eigenvalue weighted by Crippen LogP contribution is -2.48. The van der Waals surface area contributed by atoms with Gasteiger partial charge in [-0.2, -0.15) is 4.31 Å². The van der Waals surface area contributed by atoms with E-state index in [4.69, 9.17) is 0 Å². The van der Waals surface area contributed by atoms with Gasteiger partial charge in [0.15, 0.2) is 0 Å². The molecule has 1 atom stereocenters. The van der Waals surface area contributed by atoms with Gasteiger partial charge in [0.2, 0.25) is 15.9 Å². The van der Waals surface area contributed by atoms with Gasteiger partial charge in [-0.25, -0.2) is 12.8 Å². The van der Waals surface area contributed by atoms with Gasteiger partial charge >= 0.3 is 0 Å². The molecule has 2 fully saturated rings. The summed E-state index contributed by atoms with van der Waals surface area (Å²) in [6, 6.07) is 4.24. The van der Waals surface area contributed by atoms with Crippen molar-refractivity contribution >= 4 is 15.9 Å². The Morgan fingerprint density at radius 3 is 2.28 bits per heavy atom. The summed E-state index contributed by atoms with van der Waals surface area (Å²) in [4.78, 5) is 12.7. The van der Waals surface area contributed by atoms with E-state index in [1.165, 1.54) is 29.3 Å². The van der Waals surface area contributed by atoms with Crippen LogP contribution >= 0.6 is 0 Å². The fourth-order valence-corrected chi connectivity index (χ4v) is 5.41. The van der Waals surface area contributed by atoms with Crippen LogP contribution in [0.25, 0.3) is 0 Å². The number of hydrogen-bond donors (Lipinski definition) is 1. The number of carbonyl (C=O) groups is 1. The Morgan fingerprint density at radius 1 is 1.00 bits per heavy atom. The molecule has 2 aliphatic rings. The monoisotopic (exact) mass is 368 g/mol. The molecule has 0 spiro atoms. The van der Waals surface area contributed by atoms with Crippen molar-refractivity contribution in [1.29, 1.82) is 0 Å². The molecule has 1 heterocycles. The number of amides is 1. The molecule has 25 heavy (non-hydrogen) atoms. The third-order valence-electron chi connectivity index (χ3n) is 5.13. The van der Waals surface area contributed by atoms with Crippen LogP contribution in [0, 0.1) is 5.82 Å². The predicted molar refractivity (Wildman–Crippen MR) is 92.9 cm³/mol. The van der Waals surface area contributed by atoms with Crippen molar-refractivity contribution in [3.63, 3.8) is 0 Å². The molecule has 1 saturated carbocycles. The Kier molecular flexibility index (Phi) is 5.74. The van der Waals surface area contributed by atoms with E-state index in [1.54, 1.807) is 0 Å². The van der Waals surface area contributed by atoms with Crippen LogP contribution in [-0.4, -0.2) is 37.3 Å². The first kappa shape index (κ1) is 18.3. The summed E-state index contributed by atoms with van der Waals surface area (Å²) in [5, 5.41) is 3.06. The highest BCUT2D eigenvalue weighted by atomic mass is 32.2. The lowest BCUT2D eigenvalue weighted by Gasteiger charge is -2.25. The largest absolute Gasteiger partial charge is 0.352 e.